The first-order chi connectivity index (χ1) is 17.3. The number of hydrogen-bond donors (Lipinski definition) is 5. The highest BCUT2D eigenvalue weighted by molar-refractivity contribution is 5.90. The predicted octanol–water partition coefficient (Wildman–Crippen LogP) is 1.95. The summed E-state index contributed by atoms with van der Waals surface area (Å²) < 4.78 is 20.2. The summed E-state index contributed by atoms with van der Waals surface area (Å²) in [4.78, 5) is 29.2. The van der Waals surface area contributed by atoms with Gasteiger partial charge in [0.15, 0.2) is 0 Å². The van der Waals surface area contributed by atoms with Crippen molar-refractivity contribution >= 4 is 29.0 Å². The predicted molar refractivity (Wildman–Crippen MR) is 141 cm³/mol. The number of anilines is 1. The number of cyclic esters (lactones) is 1. The largest absolute Gasteiger partial charge is 0.442 e. The number of carbonyl (C=O) groups is 2. The number of benzene rings is 1. The lowest BCUT2D eigenvalue weighted by molar-refractivity contribution is -0.119. The highest BCUT2D eigenvalue weighted by Crippen LogP contribution is 2.27. The van der Waals surface area contributed by atoms with E-state index >= 15 is 0 Å². The number of halogens is 1. The minimum atomic E-state index is -0.580. The molecule has 0 saturated carbocycles. The summed E-state index contributed by atoms with van der Waals surface area (Å²) >= 11 is 0. The van der Waals surface area contributed by atoms with Gasteiger partial charge in [-0.1, -0.05) is 18.7 Å². The fourth-order valence-electron chi connectivity index (χ4n) is 3.51. The first-order valence-electron chi connectivity index (χ1n) is 11.7. The Morgan fingerprint density at radius 1 is 1.33 bits per heavy atom. The summed E-state index contributed by atoms with van der Waals surface area (Å²) in [6.45, 7) is 9.43. The molecule has 2 rings (SSSR count). The van der Waals surface area contributed by atoms with Crippen molar-refractivity contribution in [3.8, 4) is 0 Å². The minimum absolute atomic E-state index is 0.204. The van der Waals surface area contributed by atoms with E-state index in [0.29, 0.717) is 29.8 Å². The highest BCUT2D eigenvalue weighted by Gasteiger charge is 2.32. The molecule has 196 valence electrons. The monoisotopic (exact) mass is 501 g/mol. The second kappa shape index (κ2) is 14.6. The molecule has 0 bridgehead atoms. The molecule has 0 spiro atoms. The van der Waals surface area contributed by atoms with Gasteiger partial charge in [0.1, 0.15) is 11.9 Å². The first-order valence-corrected chi connectivity index (χ1v) is 11.7. The molecule has 10 nitrogen and oxygen atoms in total. The Hall–Kier alpha value is -3.70. The molecule has 1 aromatic rings. The van der Waals surface area contributed by atoms with Crippen LogP contribution in [0.25, 0.3) is 5.57 Å². The highest BCUT2D eigenvalue weighted by atomic mass is 19.1. The van der Waals surface area contributed by atoms with Crippen molar-refractivity contribution < 1.29 is 18.7 Å². The van der Waals surface area contributed by atoms with E-state index < -0.39 is 18.0 Å². The van der Waals surface area contributed by atoms with Crippen LogP contribution in [0.1, 0.15) is 32.3 Å². The van der Waals surface area contributed by atoms with E-state index in [9.17, 15) is 14.0 Å². The molecule has 2 amide bonds. The maximum atomic E-state index is 15.0. The van der Waals surface area contributed by atoms with Crippen molar-refractivity contribution in [1.29, 1.82) is 0 Å². The molecule has 1 heterocycles. The average Bonchev–Trinajstić information content (AvgIpc) is 3.23. The maximum Gasteiger partial charge on any atom is 0.414 e. The lowest BCUT2D eigenvalue weighted by Crippen LogP contribution is -2.33. The molecule has 1 unspecified atom stereocenters. The van der Waals surface area contributed by atoms with Gasteiger partial charge in [-0.15, -0.1) is 0 Å². The molecule has 1 aliphatic rings. The summed E-state index contributed by atoms with van der Waals surface area (Å²) in [5.41, 5.74) is 11.1. The molecular formula is C25H36FN7O3. The third-order valence-corrected chi connectivity index (χ3v) is 5.54. The van der Waals surface area contributed by atoms with Gasteiger partial charge in [-0.3, -0.25) is 20.5 Å². The summed E-state index contributed by atoms with van der Waals surface area (Å²) in [7, 11) is 0. The van der Waals surface area contributed by atoms with Crippen molar-refractivity contribution in [2.75, 3.05) is 37.6 Å². The van der Waals surface area contributed by atoms with Crippen molar-refractivity contribution in [2.45, 2.75) is 32.8 Å². The lowest BCUT2D eigenvalue weighted by Gasteiger charge is -2.15. The van der Waals surface area contributed by atoms with Crippen LogP contribution in [0.5, 0.6) is 0 Å². The van der Waals surface area contributed by atoms with E-state index in [2.05, 4.69) is 27.6 Å². The van der Waals surface area contributed by atoms with E-state index in [1.165, 1.54) is 24.1 Å². The molecule has 1 fully saturated rings. The Labute approximate surface area is 211 Å². The molecule has 11 heteroatoms. The fraction of sp³-hybridized carbons (Fsp3) is 0.400. The zero-order chi connectivity index (χ0) is 26.5. The van der Waals surface area contributed by atoms with Gasteiger partial charge in [0, 0.05) is 49.6 Å². The van der Waals surface area contributed by atoms with Gasteiger partial charge in [0.05, 0.1) is 25.3 Å². The Morgan fingerprint density at radius 3 is 2.72 bits per heavy atom. The minimum Gasteiger partial charge on any atom is -0.442 e. The molecule has 1 aliphatic heterocycles. The molecule has 0 radical (unpaired) electrons. The normalized spacial score (nSPS) is 16.7. The Kier molecular flexibility index (Phi) is 11.6. The second-order valence-corrected chi connectivity index (χ2v) is 8.24. The Balaban J connectivity index is 1.92. The van der Waals surface area contributed by atoms with Crippen LogP contribution in [0.15, 0.2) is 53.8 Å². The SMILES string of the molecule is C=CC(=CCN=C(C)CCNCC/C(=C/N)NN)c1ccc(N2CC(CNC(C)=O)OC2=O)cc1F. The zero-order valence-corrected chi connectivity index (χ0v) is 20.9. The van der Waals surface area contributed by atoms with Gasteiger partial charge in [-0.05, 0) is 37.1 Å². The van der Waals surface area contributed by atoms with E-state index in [1.54, 1.807) is 24.3 Å². The lowest BCUT2D eigenvalue weighted by atomic mass is 10.0. The number of ether oxygens (including phenoxy) is 1. The number of carbonyl (C=O) groups excluding carboxylic acids is 2. The van der Waals surface area contributed by atoms with Crippen LogP contribution in [0, 0.1) is 5.82 Å². The standard InChI is InChI=1S/C25H36FN7O3/c1-4-19(8-12-30-17(2)7-10-29-11-9-20(14-27)32-28)23-6-5-21(13-24(23)26)33-16-22(36-25(33)35)15-31-18(3)34/h4-6,8,13-14,22,29,32H,1,7,9-12,15-16,27-28H2,2-3H3,(H,31,34)/b19-8?,20-14-,30-17?. The number of aliphatic imine (C=N–C) groups is 1. The number of amides is 2. The fourth-order valence-corrected chi connectivity index (χ4v) is 3.51. The maximum absolute atomic E-state index is 15.0. The summed E-state index contributed by atoms with van der Waals surface area (Å²) in [6.07, 6.45) is 5.23. The van der Waals surface area contributed by atoms with E-state index in [0.717, 1.165) is 30.9 Å². The van der Waals surface area contributed by atoms with Crippen molar-refractivity contribution in [1.82, 2.24) is 16.1 Å². The molecule has 1 atom stereocenters. The number of hydrazine groups is 1. The first kappa shape index (κ1) is 28.5. The van der Waals surface area contributed by atoms with E-state index in [1.807, 2.05) is 6.92 Å². The van der Waals surface area contributed by atoms with Crippen molar-refractivity contribution in [2.24, 2.45) is 16.6 Å². The Bertz CT molecular complexity index is 1020. The van der Waals surface area contributed by atoms with Crippen molar-refractivity contribution in [3.63, 3.8) is 0 Å². The summed E-state index contributed by atoms with van der Waals surface area (Å²) in [5, 5.41) is 5.91. The number of nitrogens with one attached hydrogen (secondary N) is 3. The van der Waals surface area contributed by atoms with Crippen LogP contribution in [-0.4, -0.2) is 56.5 Å². The van der Waals surface area contributed by atoms with Crippen LogP contribution < -0.4 is 32.5 Å². The molecule has 7 N–H and O–H groups in total. The molecular weight excluding hydrogens is 465 g/mol. The number of nitrogens with zero attached hydrogens (tertiary/aromatic N) is 2. The van der Waals surface area contributed by atoms with Gasteiger partial charge in [0.25, 0.3) is 0 Å². The Morgan fingerprint density at radius 2 is 2.08 bits per heavy atom. The van der Waals surface area contributed by atoms with Crippen molar-refractivity contribution in [3.05, 3.63) is 60.2 Å². The van der Waals surface area contributed by atoms with Gasteiger partial charge in [-0.2, -0.15) is 0 Å². The van der Waals surface area contributed by atoms with Gasteiger partial charge >= 0.3 is 6.09 Å². The molecule has 0 aliphatic carbocycles. The summed E-state index contributed by atoms with van der Waals surface area (Å²) in [5.74, 6) is 4.64. The molecule has 0 aromatic heterocycles. The van der Waals surface area contributed by atoms with E-state index in [4.69, 9.17) is 16.3 Å². The van der Waals surface area contributed by atoms with Gasteiger partial charge in [-0.25, -0.2) is 9.18 Å². The number of rotatable bonds is 14. The number of hydrogen-bond acceptors (Lipinski definition) is 8. The van der Waals surface area contributed by atoms with Crippen LogP contribution in [0.3, 0.4) is 0 Å². The van der Waals surface area contributed by atoms with E-state index in [-0.39, 0.29) is 19.0 Å². The van der Waals surface area contributed by atoms with Gasteiger partial charge in [0.2, 0.25) is 5.91 Å². The average molecular weight is 502 g/mol. The van der Waals surface area contributed by atoms with Crippen LogP contribution in [0.2, 0.25) is 0 Å². The second-order valence-electron chi connectivity index (χ2n) is 8.24. The quantitative estimate of drug-likeness (QED) is 0.0861. The van der Waals surface area contributed by atoms with Crippen LogP contribution >= 0.6 is 0 Å². The zero-order valence-electron chi connectivity index (χ0n) is 20.9. The summed E-state index contributed by atoms with van der Waals surface area (Å²) in [6, 6.07) is 4.55. The topological polar surface area (TPSA) is 147 Å². The molecule has 1 saturated heterocycles. The molecule has 36 heavy (non-hydrogen) atoms. The van der Waals surface area contributed by atoms with Gasteiger partial charge < -0.3 is 26.5 Å². The molecule has 1 aromatic carbocycles. The third kappa shape index (κ3) is 8.82. The third-order valence-electron chi connectivity index (χ3n) is 5.54. The number of allylic oxidation sites excluding steroid dienone is 2. The smallest absolute Gasteiger partial charge is 0.414 e. The number of nitrogens with two attached hydrogens (primary N) is 2. The van der Waals surface area contributed by atoms with Crippen LogP contribution in [0.4, 0.5) is 14.9 Å². The van der Waals surface area contributed by atoms with Crippen LogP contribution in [-0.2, 0) is 9.53 Å².